The zero-order valence-electron chi connectivity index (χ0n) is 8.54. The molecule has 3 nitrogen and oxygen atoms in total. The van der Waals surface area contributed by atoms with Crippen LogP contribution in [-0.2, 0) is 9.57 Å². The van der Waals surface area contributed by atoms with Gasteiger partial charge in [-0.2, -0.15) is 0 Å². The highest BCUT2D eigenvalue weighted by molar-refractivity contribution is 5.92. The van der Waals surface area contributed by atoms with Crippen LogP contribution in [0.4, 0.5) is 0 Å². The molecule has 0 aromatic rings. The van der Waals surface area contributed by atoms with Gasteiger partial charge in [0, 0.05) is 17.9 Å². The van der Waals surface area contributed by atoms with Crippen LogP contribution < -0.4 is 0 Å². The molecule has 0 spiro atoms. The first kappa shape index (κ1) is 9.00. The lowest BCUT2D eigenvalue weighted by Gasteiger charge is -2.28. The quantitative estimate of drug-likeness (QED) is 0.573. The van der Waals surface area contributed by atoms with E-state index in [0.29, 0.717) is 12.5 Å². The summed E-state index contributed by atoms with van der Waals surface area (Å²) >= 11 is 0. The Morgan fingerprint density at radius 1 is 1.38 bits per heavy atom. The van der Waals surface area contributed by atoms with E-state index in [-0.39, 0.29) is 11.5 Å². The summed E-state index contributed by atoms with van der Waals surface area (Å²) < 4.78 is 5.35. The van der Waals surface area contributed by atoms with Crippen LogP contribution in [0.5, 0.6) is 0 Å². The van der Waals surface area contributed by atoms with E-state index >= 15 is 0 Å². The molecular weight excluding hydrogens is 166 g/mol. The van der Waals surface area contributed by atoms with Crippen LogP contribution in [0.1, 0.15) is 27.2 Å². The van der Waals surface area contributed by atoms with Crippen molar-refractivity contribution in [2.75, 3.05) is 13.2 Å². The maximum Gasteiger partial charge on any atom is 0.158 e. The van der Waals surface area contributed by atoms with E-state index in [9.17, 15) is 0 Å². The highest BCUT2D eigenvalue weighted by Crippen LogP contribution is 2.34. The third kappa shape index (κ3) is 1.57. The molecule has 2 heterocycles. The van der Waals surface area contributed by atoms with Crippen molar-refractivity contribution in [1.29, 1.82) is 0 Å². The van der Waals surface area contributed by atoms with Crippen molar-refractivity contribution >= 4 is 5.71 Å². The average Bonchev–Trinajstić information content (AvgIpc) is 2.45. The fraction of sp³-hybridized carbons (Fsp3) is 0.900. The number of oxime groups is 1. The van der Waals surface area contributed by atoms with Crippen LogP contribution in [0.25, 0.3) is 0 Å². The lowest BCUT2D eigenvalue weighted by Crippen LogP contribution is -2.38. The van der Waals surface area contributed by atoms with Gasteiger partial charge in [0.25, 0.3) is 0 Å². The van der Waals surface area contributed by atoms with E-state index in [0.717, 1.165) is 13.0 Å². The molecule has 2 aliphatic heterocycles. The zero-order chi connectivity index (χ0) is 9.47. The van der Waals surface area contributed by atoms with Gasteiger partial charge in [-0.05, 0) is 6.42 Å². The third-order valence-electron chi connectivity index (χ3n) is 2.71. The van der Waals surface area contributed by atoms with E-state index in [1.807, 2.05) is 0 Å². The monoisotopic (exact) mass is 183 g/mol. The molecular formula is C10H17NO2. The van der Waals surface area contributed by atoms with Gasteiger partial charge >= 0.3 is 0 Å². The summed E-state index contributed by atoms with van der Waals surface area (Å²) in [6.07, 6.45) is 1.24. The Labute approximate surface area is 79.1 Å². The number of hydrogen-bond acceptors (Lipinski definition) is 3. The van der Waals surface area contributed by atoms with Crippen molar-refractivity contribution in [3.05, 3.63) is 0 Å². The Morgan fingerprint density at radius 2 is 2.15 bits per heavy atom. The minimum absolute atomic E-state index is 0.136. The molecule has 0 N–H and O–H groups in total. The topological polar surface area (TPSA) is 30.8 Å². The molecule has 0 aromatic carbocycles. The normalized spacial score (nSPS) is 33.6. The van der Waals surface area contributed by atoms with Gasteiger partial charge in [0.15, 0.2) is 6.10 Å². The summed E-state index contributed by atoms with van der Waals surface area (Å²) in [7, 11) is 0. The number of ether oxygens (including phenoxy) is 1. The van der Waals surface area contributed by atoms with Crippen molar-refractivity contribution in [2.24, 2.45) is 16.5 Å². The lowest BCUT2D eigenvalue weighted by atomic mass is 9.78. The SMILES string of the molecule is CC(C)(C)C1=NOC2COCCC12. The molecule has 0 bridgehead atoms. The summed E-state index contributed by atoms with van der Waals surface area (Å²) in [5, 5.41) is 4.19. The second-order valence-electron chi connectivity index (χ2n) is 4.84. The molecule has 74 valence electrons. The van der Waals surface area contributed by atoms with Crippen molar-refractivity contribution in [3.8, 4) is 0 Å². The van der Waals surface area contributed by atoms with Crippen LogP contribution >= 0.6 is 0 Å². The van der Waals surface area contributed by atoms with E-state index < -0.39 is 0 Å². The fourth-order valence-electron chi connectivity index (χ4n) is 2.01. The molecule has 0 saturated carbocycles. The van der Waals surface area contributed by atoms with Crippen LogP contribution in [0, 0.1) is 11.3 Å². The molecule has 2 atom stereocenters. The maximum absolute atomic E-state index is 5.36. The summed E-state index contributed by atoms with van der Waals surface area (Å²) in [4.78, 5) is 5.36. The molecule has 2 aliphatic rings. The Balaban J connectivity index is 2.14. The standard InChI is InChI=1S/C10H17NO2/c1-10(2,3)9-7-4-5-12-6-8(7)13-11-9/h7-8H,4-6H2,1-3H3. The minimum Gasteiger partial charge on any atom is -0.389 e. The predicted molar refractivity (Wildman–Crippen MR) is 50.7 cm³/mol. The van der Waals surface area contributed by atoms with Gasteiger partial charge < -0.3 is 9.57 Å². The summed E-state index contributed by atoms with van der Waals surface area (Å²) in [5.41, 5.74) is 1.34. The smallest absolute Gasteiger partial charge is 0.158 e. The first-order valence-corrected chi connectivity index (χ1v) is 4.91. The minimum atomic E-state index is 0.136. The van der Waals surface area contributed by atoms with Gasteiger partial charge in [-0.3, -0.25) is 0 Å². The number of hydrogen-bond donors (Lipinski definition) is 0. The average molecular weight is 183 g/mol. The van der Waals surface area contributed by atoms with Gasteiger partial charge in [0.1, 0.15) is 0 Å². The van der Waals surface area contributed by atoms with E-state index in [2.05, 4.69) is 25.9 Å². The Kier molecular flexibility index (Phi) is 2.06. The van der Waals surface area contributed by atoms with Gasteiger partial charge in [0.05, 0.1) is 12.3 Å². The van der Waals surface area contributed by atoms with E-state index in [1.165, 1.54) is 5.71 Å². The molecule has 0 radical (unpaired) electrons. The maximum atomic E-state index is 5.36. The number of rotatable bonds is 0. The molecule has 1 fully saturated rings. The Morgan fingerprint density at radius 3 is 2.85 bits per heavy atom. The molecule has 0 aromatic heterocycles. The summed E-state index contributed by atoms with van der Waals surface area (Å²) in [6.45, 7) is 8.11. The fourth-order valence-corrected chi connectivity index (χ4v) is 2.01. The van der Waals surface area contributed by atoms with Crippen LogP contribution in [0.2, 0.25) is 0 Å². The van der Waals surface area contributed by atoms with Gasteiger partial charge in [-0.1, -0.05) is 25.9 Å². The Bertz CT molecular complexity index is 230. The lowest BCUT2D eigenvalue weighted by molar-refractivity contribution is -0.0480. The van der Waals surface area contributed by atoms with Crippen LogP contribution in [-0.4, -0.2) is 25.0 Å². The molecule has 0 aliphatic carbocycles. The molecule has 1 saturated heterocycles. The first-order chi connectivity index (χ1) is 6.09. The predicted octanol–water partition coefficient (Wildman–Crippen LogP) is 1.82. The summed E-state index contributed by atoms with van der Waals surface area (Å²) in [5.74, 6) is 0.494. The van der Waals surface area contributed by atoms with Crippen molar-refractivity contribution < 1.29 is 9.57 Å². The van der Waals surface area contributed by atoms with Crippen LogP contribution in [0.3, 0.4) is 0 Å². The van der Waals surface area contributed by atoms with Gasteiger partial charge in [-0.15, -0.1) is 0 Å². The molecule has 0 amide bonds. The van der Waals surface area contributed by atoms with Crippen molar-refractivity contribution in [1.82, 2.24) is 0 Å². The van der Waals surface area contributed by atoms with E-state index in [1.54, 1.807) is 0 Å². The third-order valence-corrected chi connectivity index (χ3v) is 2.71. The second kappa shape index (κ2) is 2.98. The van der Waals surface area contributed by atoms with Crippen LogP contribution in [0.15, 0.2) is 5.16 Å². The van der Waals surface area contributed by atoms with Gasteiger partial charge in [0.2, 0.25) is 0 Å². The first-order valence-electron chi connectivity index (χ1n) is 4.91. The van der Waals surface area contributed by atoms with Crippen molar-refractivity contribution in [3.63, 3.8) is 0 Å². The molecule has 2 unspecified atom stereocenters. The highest BCUT2D eigenvalue weighted by atomic mass is 16.7. The molecule has 3 heteroatoms. The number of fused-ring (bicyclic) bond motifs is 1. The van der Waals surface area contributed by atoms with Gasteiger partial charge in [-0.25, -0.2) is 0 Å². The van der Waals surface area contributed by atoms with Crippen molar-refractivity contribution in [2.45, 2.75) is 33.3 Å². The molecule has 13 heavy (non-hydrogen) atoms. The van der Waals surface area contributed by atoms with E-state index in [4.69, 9.17) is 9.57 Å². The largest absolute Gasteiger partial charge is 0.389 e. The Hall–Kier alpha value is -0.570. The highest BCUT2D eigenvalue weighted by Gasteiger charge is 2.41. The summed E-state index contributed by atoms with van der Waals surface area (Å²) in [6, 6.07) is 0. The second-order valence-corrected chi connectivity index (χ2v) is 4.84. The zero-order valence-corrected chi connectivity index (χ0v) is 8.54. The molecule has 2 rings (SSSR count). The number of nitrogens with zero attached hydrogens (tertiary/aromatic N) is 1.